The maximum Gasteiger partial charge on any atom is 0.330 e. The van der Waals surface area contributed by atoms with Gasteiger partial charge in [0.1, 0.15) is 18.0 Å². The third-order valence-electron chi connectivity index (χ3n) is 5.81. The highest BCUT2D eigenvalue weighted by Crippen LogP contribution is 2.55. The third-order valence-corrected chi connectivity index (χ3v) is 7.42. The highest BCUT2D eigenvalue weighted by molar-refractivity contribution is 8.01. The first-order valence-corrected chi connectivity index (χ1v) is 11.3. The van der Waals surface area contributed by atoms with Crippen LogP contribution >= 0.6 is 11.8 Å². The number of methoxy groups -OCH3 is 1. The van der Waals surface area contributed by atoms with Gasteiger partial charge >= 0.3 is 5.97 Å². The zero-order valence-corrected chi connectivity index (χ0v) is 19.1. The summed E-state index contributed by atoms with van der Waals surface area (Å²) in [5.41, 5.74) is 0.208. The van der Waals surface area contributed by atoms with E-state index >= 15 is 0 Å². The number of ether oxygens (including phenoxy) is 2. The number of β-lactam (4-membered cyclic amide) rings is 1. The molecule has 0 bridgehead atoms. The highest BCUT2D eigenvalue weighted by atomic mass is 32.2. The number of hydrogen-bond acceptors (Lipinski definition) is 6. The number of fused-ring (bicyclic) bond motifs is 1. The molecule has 2 aromatic rings. The molecule has 0 radical (unpaired) electrons. The lowest BCUT2D eigenvalue weighted by molar-refractivity contribution is -0.202. The number of amides is 2. The predicted octanol–water partition coefficient (Wildman–Crippen LogP) is 2.49. The van der Waals surface area contributed by atoms with Gasteiger partial charge in [-0.3, -0.25) is 9.59 Å². The molecule has 1 N–H and O–H groups in total. The molecule has 3 atom stereocenters. The van der Waals surface area contributed by atoms with Crippen molar-refractivity contribution in [2.45, 2.75) is 48.8 Å². The quantitative estimate of drug-likeness (QED) is 0.393. The van der Waals surface area contributed by atoms with Crippen LogP contribution in [0.15, 0.2) is 60.7 Å². The lowest BCUT2D eigenvalue weighted by Crippen LogP contribution is -2.80. The Labute approximate surface area is 191 Å². The number of rotatable bonds is 7. The molecule has 2 aromatic carbocycles. The van der Waals surface area contributed by atoms with E-state index in [4.69, 9.17) is 9.47 Å². The average Bonchev–Trinajstić information content (AvgIpc) is 3.06. The Kier molecular flexibility index (Phi) is 6.01. The maximum atomic E-state index is 13.2. The average molecular weight is 455 g/mol. The highest BCUT2D eigenvalue weighted by Gasteiger charge is 2.73. The topological polar surface area (TPSA) is 84.9 Å². The minimum absolute atomic E-state index is 0.128. The van der Waals surface area contributed by atoms with E-state index < -0.39 is 33.8 Å². The van der Waals surface area contributed by atoms with Gasteiger partial charge in [0.05, 0.1) is 6.42 Å². The lowest BCUT2D eigenvalue weighted by Gasteiger charge is -2.51. The van der Waals surface area contributed by atoms with Gasteiger partial charge < -0.3 is 19.7 Å². The molecule has 8 heteroatoms. The predicted molar refractivity (Wildman–Crippen MR) is 120 cm³/mol. The Bertz CT molecular complexity index is 1010. The molecule has 4 rings (SSSR count). The standard InChI is InChI=1S/C24H26N2O5S/c1-23(2)19(20(28)31-15-17-12-8-5-9-13-17)26-21(29)24(30-3,22(26)32-23)25-18(27)14-16-10-6-4-7-11-16/h4-13,19,22H,14-15H2,1-3H3,(H,25,27)/t19-,22+,24-/m0/s1. The van der Waals surface area contributed by atoms with Gasteiger partial charge in [0.2, 0.25) is 5.91 Å². The van der Waals surface area contributed by atoms with Crippen LogP contribution in [0.3, 0.4) is 0 Å². The second-order valence-corrected chi connectivity index (χ2v) is 10.2. The summed E-state index contributed by atoms with van der Waals surface area (Å²) in [6, 6.07) is 17.9. The molecule has 2 aliphatic rings. The van der Waals surface area contributed by atoms with Crippen LogP contribution in [0.2, 0.25) is 0 Å². The zero-order chi connectivity index (χ0) is 22.9. The van der Waals surface area contributed by atoms with Gasteiger partial charge in [0.25, 0.3) is 11.6 Å². The molecule has 2 heterocycles. The van der Waals surface area contributed by atoms with Gasteiger partial charge in [0.15, 0.2) is 0 Å². The Morgan fingerprint density at radius 3 is 2.22 bits per heavy atom. The SMILES string of the molecule is CO[C@@]1(NC(=O)Cc2ccccc2)C(=O)N2[C@@H](C(=O)OCc3ccccc3)C(C)(C)S[C@@H]21. The van der Waals surface area contributed by atoms with Crippen LogP contribution < -0.4 is 5.32 Å². The summed E-state index contributed by atoms with van der Waals surface area (Å²) in [7, 11) is 1.40. The minimum Gasteiger partial charge on any atom is -0.459 e. The van der Waals surface area contributed by atoms with E-state index in [9.17, 15) is 14.4 Å². The number of nitrogens with zero attached hydrogens (tertiary/aromatic N) is 1. The third kappa shape index (κ3) is 3.89. The molecule has 32 heavy (non-hydrogen) atoms. The van der Waals surface area contributed by atoms with Crippen LogP contribution in [0, 0.1) is 0 Å². The molecule has 2 saturated heterocycles. The fourth-order valence-corrected chi connectivity index (χ4v) is 5.87. The molecule has 2 aliphatic heterocycles. The van der Waals surface area contributed by atoms with E-state index in [1.54, 1.807) is 0 Å². The molecule has 7 nitrogen and oxygen atoms in total. The van der Waals surface area contributed by atoms with E-state index in [1.807, 2.05) is 74.5 Å². The van der Waals surface area contributed by atoms with Crippen molar-refractivity contribution in [1.82, 2.24) is 10.2 Å². The summed E-state index contributed by atoms with van der Waals surface area (Å²) < 4.78 is 10.5. The van der Waals surface area contributed by atoms with Crippen LogP contribution in [-0.2, 0) is 36.9 Å². The van der Waals surface area contributed by atoms with Crippen molar-refractivity contribution in [2.75, 3.05) is 7.11 Å². The molecule has 2 fully saturated rings. The largest absolute Gasteiger partial charge is 0.459 e. The van der Waals surface area contributed by atoms with Gasteiger partial charge in [0, 0.05) is 11.9 Å². The fraction of sp³-hybridized carbons (Fsp3) is 0.375. The van der Waals surface area contributed by atoms with Crippen LogP contribution in [0.5, 0.6) is 0 Å². The molecular formula is C24H26N2O5S. The Morgan fingerprint density at radius 1 is 1.03 bits per heavy atom. The summed E-state index contributed by atoms with van der Waals surface area (Å²) in [4.78, 5) is 40.4. The Hall–Kier alpha value is -2.84. The van der Waals surface area contributed by atoms with Gasteiger partial charge in [-0.05, 0) is 25.0 Å². The van der Waals surface area contributed by atoms with Gasteiger partial charge in [-0.2, -0.15) is 0 Å². The lowest BCUT2D eigenvalue weighted by atomic mass is 9.93. The number of benzene rings is 2. The van der Waals surface area contributed by atoms with Crippen molar-refractivity contribution < 1.29 is 23.9 Å². The normalized spacial score (nSPS) is 25.6. The number of nitrogens with one attached hydrogen (secondary N) is 1. The number of carbonyl (C=O) groups is 3. The van der Waals surface area contributed by atoms with Crippen molar-refractivity contribution in [1.29, 1.82) is 0 Å². The van der Waals surface area contributed by atoms with Gasteiger partial charge in [-0.1, -0.05) is 60.7 Å². The van der Waals surface area contributed by atoms with Crippen molar-refractivity contribution in [3.05, 3.63) is 71.8 Å². The van der Waals surface area contributed by atoms with Crippen LogP contribution in [0.1, 0.15) is 25.0 Å². The van der Waals surface area contributed by atoms with E-state index in [2.05, 4.69) is 5.32 Å². The second-order valence-electron chi connectivity index (χ2n) is 8.43. The first kappa shape index (κ1) is 22.4. The number of thioether (sulfide) groups is 1. The fourth-order valence-electron chi connectivity index (χ4n) is 4.21. The monoisotopic (exact) mass is 454 g/mol. The van der Waals surface area contributed by atoms with Crippen LogP contribution in [0.4, 0.5) is 0 Å². The summed E-state index contributed by atoms with van der Waals surface area (Å²) in [6.45, 7) is 3.92. The summed E-state index contributed by atoms with van der Waals surface area (Å²) in [5, 5.41) is 2.25. The van der Waals surface area contributed by atoms with E-state index in [-0.39, 0.29) is 18.9 Å². The first-order chi connectivity index (χ1) is 15.3. The van der Waals surface area contributed by atoms with E-state index in [0.717, 1.165) is 11.1 Å². The Morgan fingerprint density at radius 2 is 1.62 bits per heavy atom. The maximum absolute atomic E-state index is 13.2. The molecule has 0 saturated carbocycles. The van der Waals surface area contributed by atoms with Gasteiger partial charge in [-0.25, -0.2) is 4.79 Å². The number of esters is 1. The van der Waals surface area contributed by atoms with Crippen molar-refractivity contribution in [3.8, 4) is 0 Å². The Balaban J connectivity index is 1.47. The molecule has 2 amide bonds. The van der Waals surface area contributed by atoms with Crippen molar-refractivity contribution in [2.24, 2.45) is 0 Å². The minimum atomic E-state index is -1.50. The van der Waals surface area contributed by atoms with Crippen LogP contribution in [-0.4, -0.2) is 51.7 Å². The second kappa shape index (κ2) is 8.60. The first-order valence-electron chi connectivity index (χ1n) is 10.4. The molecule has 0 aliphatic carbocycles. The number of hydrogen-bond donors (Lipinski definition) is 1. The molecular weight excluding hydrogens is 428 g/mol. The van der Waals surface area contributed by atoms with E-state index in [0.29, 0.717) is 0 Å². The summed E-state index contributed by atoms with van der Waals surface area (Å²) in [6.07, 6.45) is 0.128. The summed E-state index contributed by atoms with van der Waals surface area (Å²) in [5.74, 6) is -1.23. The van der Waals surface area contributed by atoms with Crippen LogP contribution in [0.25, 0.3) is 0 Å². The molecule has 0 aromatic heterocycles. The smallest absolute Gasteiger partial charge is 0.330 e. The van der Waals surface area contributed by atoms with E-state index in [1.165, 1.54) is 23.8 Å². The number of carbonyl (C=O) groups excluding carboxylic acids is 3. The van der Waals surface area contributed by atoms with Crippen molar-refractivity contribution >= 4 is 29.5 Å². The van der Waals surface area contributed by atoms with Gasteiger partial charge in [-0.15, -0.1) is 11.8 Å². The van der Waals surface area contributed by atoms with Crippen molar-refractivity contribution in [3.63, 3.8) is 0 Å². The molecule has 0 unspecified atom stereocenters. The summed E-state index contributed by atoms with van der Waals surface area (Å²) >= 11 is 1.42. The zero-order valence-electron chi connectivity index (χ0n) is 18.2. The molecule has 0 spiro atoms. The molecule has 168 valence electrons.